The molecule has 3 N–H and O–H groups in total. The second-order valence-electron chi connectivity index (χ2n) is 6.80. The molecular formula is C19H19N4O7S+. The minimum atomic E-state index is -4.25. The Kier molecular flexibility index (Phi) is 6.02. The fraction of sp³-hybridized carbons (Fsp3) is 0.211. The number of nitro groups is 1. The van der Waals surface area contributed by atoms with Crippen molar-refractivity contribution in [2.45, 2.75) is 30.7 Å². The van der Waals surface area contributed by atoms with Crippen LogP contribution in [0.5, 0.6) is 0 Å². The molecule has 1 fully saturated rings. The fourth-order valence-corrected chi connectivity index (χ4v) is 4.59. The Morgan fingerprint density at radius 3 is 2.39 bits per heavy atom. The molecule has 162 valence electrons. The van der Waals surface area contributed by atoms with Crippen molar-refractivity contribution in [1.82, 2.24) is 4.31 Å². The number of hydrogen-bond donors (Lipinski definition) is 2. The number of nitrogens with one attached hydrogen (secondary N) is 1. The maximum Gasteiger partial charge on any atom is 0.380 e. The number of carbonyl (C=O) groups excluding carboxylic acids is 2. The largest absolute Gasteiger partial charge is 0.380 e. The maximum absolute atomic E-state index is 12.9. The number of nitrogen functional groups attached to an aromatic ring is 1. The van der Waals surface area contributed by atoms with E-state index in [1.54, 1.807) is 19.1 Å². The predicted molar refractivity (Wildman–Crippen MR) is 107 cm³/mol. The van der Waals surface area contributed by atoms with E-state index in [9.17, 15) is 28.1 Å². The molecule has 3 rings (SSSR count). The van der Waals surface area contributed by atoms with Crippen LogP contribution < -0.4 is 10.9 Å². The van der Waals surface area contributed by atoms with Crippen molar-refractivity contribution < 1.29 is 32.9 Å². The Labute approximate surface area is 177 Å². The van der Waals surface area contributed by atoms with E-state index in [4.69, 9.17) is 10.6 Å². The van der Waals surface area contributed by atoms with Crippen LogP contribution in [0.2, 0.25) is 0 Å². The van der Waals surface area contributed by atoms with E-state index >= 15 is 0 Å². The van der Waals surface area contributed by atoms with Gasteiger partial charge in [-0.1, -0.05) is 22.9 Å². The zero-order valence-corrected chi connectivity index (χ0v) is 17.2. The van der Waals surface area contributed by atoms with Crippen LogP contribution in [0.1, 0.15) is 24.0 Å². The number of amidine groups is 1. The van der Waals surface area contributed by atoms with Crippen molar-refractivity contribution in [1.29, 1.82) is 0 Å². The molecule has 1 saturated heterocycles. The Morgan fingerprint density at radius 2 is 1.81 bits per heavy atom. The average Bonchev–Trinajstić information content (AvgIpc) is 3.14. The first-order chi connectivity index (χ1) is 14.6. The predicted octanol–water partition coefficient (Wildman–Crippen LogP) is -0.473. The van der Waals surface area contributed by atoms with Gasteiger partial charge in [-0.2, -0.15) is 0 Å². The van der Waals surface area contributed by atoms with Gasteiger partial charge < -0.3 is 0 Å². The van der Waals surface area contributed by atoms with Gasteiger partial charge in [-0.3, -0.25) is 25.5 Å². The van der Waals surface area contributed by atoms with E-state index in [0.717, 1.165) is 5.56 Å². The third-order valence-corrected chi connectivity index (χ3v) is 6.51. The fourth-order valence-electron chi connectivity index (χ4n) is 3.00. The van der Waals surface area contributed by atoms with Gasteiger partial charge in [-0.05, 0) is 37.6 Å². The number of hydrogen-bond acceptors (Lipinski definition) is 7. The van der Waals surface area contributed by atoms with E-state index in [1.807, 2.05) is 0 Å². The molecule has 0 radical (unpaired) electrons. The molecule has 2 aromatic carbocycles. The Morgan fingerprint density at radius 1 is 1.19 bits per heavy atom. The van der Waals surface area contributed by atoms with Crippen LogP contribution in [0.25, 0.3) is 0 Å². The molecule has 1 amide bonds. The van der Waals surface area contributed by atoms with Gasteiger partial charge in [-0.25, -0.2) is 17.5 Å². The molecule has 0 aromatic heterocycles. The SMILES string of the molecule is Cc1ccc(S(=O)(=O)N2C(=O)CC[C@@H]2C(=O)O[NH+]=C(N)c2ccc([N+](=O)[O-])cc2)cc1. The highest BCUT2D eigenvalue weighted by Gasteiger charge is 2.45. The third-order valence-electron chi connectivity index (χ3n) is 4.66. The van der Waals surface area contributed by atoms with Crippen molar-refractivity contribution in [3.05, 3.63) is 69.8 Å². The summed E-state index contributed by atoms with van der Waals surface area (Å²) in [5, 5.41) is 12.9. The number of benzene rings is 2. The topological polar surface area (TPSA) is 164 Å². The summed E-state index contributed by atoms with van der Waals surface area (Å²) in [6.07, 6.45) is -0.172. The quantitative estimate of drug-likeness (QED) is 0.197. The molecule has 1 heterocycles. The second-order valence-corrected chi connectivity index (χ2v) is 8.62. The summed E-state index contributed by atoms with van der Waals surface area (Å²) in [5.74, 6) is -1.85. The first-order valence-corrected chi connectivity index (χ1v) is 10.5. The summed E-state index contributed by atoms with van der Waals surface area (Å²) in [6, 6.07) is 9.67. The van der Waals surface area contributed by atoms with Crippen LogP contribution in [0, 0.1) is 17.0 Å². The smallest absolute Gasteiger partial charge is 0.284 e. The first-order valence-electron chi connectivity index (χ1n) is 9.09. The Hall–Kier alpha value is -3.80. The summed E-state index contributed by atoms with van der Waals surface area (Å²) in [7, 11) is -4.25. The Bertz CT molecular complexity index is 1160. The third kappa shape index (κ3) is 4.53. The van der Waals surface area contributed by atoms with Crippen LogP contribution in [0.4, 0.5) is 5.69 Å². The summed E-state index contributed by atoms with van der Waals surface area (Å²) in [5.41, 5.74) is 6.78. The maximum atomic E-state index is 12.9. The van der Waals surface area contributed by atoms with Gasteiger partial charge in [0.1, 0.15) is 0 Å². The number of aryl methyl sites for hydroxylation is 1. The lowest BCUT2D eigenvalue weighted by Crippen LogP contribution is -2.76. The first kappa shape index (κ1) is 21.9. The van der Waals surface area contributed by atoms with Gasteiger partial charge in [0.15, 0.2) is 6.04 Å². The van der Waals surface area contributed by atoms with Crippen molar-refractivity contribution in [2.24, 2.45) is 5.73 Å². The normalized spacial score (nSPS) is 16.9. The Balaban J connectivity index is 1.78. The molecule has 2 aromatic rings. The lowest BCUT2D eigenvalue weighted by Gasteiger charge is -2.21. The molecule has 0 spiro atoms. The highest BCUT2D eigenvalue weighted by atomic mass is 32.2. The van der Waals surface area contributed by atoms with Crippen LogP contribution in [0.3, 0.4) is 0 Å². The zero-order valence-electron chi connectivity index (χ0n) is 16.3. The lowest BCUT2D eigenvalue weighted by molar-refractivity contribution is -0.724. The molecule has 11 nitrogen and oxygen atoms in total. The molecule has 12 heteroatoms. The van der Waals surface area contributed by atoms with Gasteiger partial charge >= 0.3 is 11.8 Å². The zero-order chi connectivity index (χ0) is 22.8. The summed E-state index contributed by atoms with van der Waals surface area (Å²) < 4.78 is 26.4. The average molecular weight is 447 g/mol. The second kappa shape index (κ2) is 8.52. The van der Waals surface area contributed by atoms with Gasteiger partial charge in [0.25, 0.3) is 15.7 Å². The number of nitrogens with zero attached hydrogens (tertiary/aromatic N) is 2. The van der Waals surface area contributed by atoms with Crippen molar-refractivity contribution in [3.63, 3.8) is 0 Å². The molecule has 1 atom stereocenters. The number of sulfonamides is 1. The van der Waals surface area contributed by atoms with E-state index in [2.05, 4.69) is 5.16 Å². The number of rotatable bonds is 6. The highest BCUT2D eigenvalue weighted by molar-refractivity contribution is 7.89. The monoisotopic (exact) mass is 447 g/mol. The summed E-state index contributed by atoms with van der Waals surface area (Å²) >= 11 is 0. The molecule has 0 aliphatic carbocycles. The van der Waals surface area contributed by atoms with Crippen LogP contribution in [0.15, 0.2) is 53.4 Å². The lowest BCUT2D eigenvalue weighted by atomic mass is 10.2. The summed E-state index contributed by atoms with van der Waals surface area (Å²) in [4.78, 5) is 39.7. The molecule has 1 aliphatic heterocycles. The molecule has 0 unspecified atom stereocenters. The molecule has 1 aliphatic rings. The van der Waals surface area contributed by atoms with Crippen LogP contribution >= 0.6 is 0 Å². The molecule has 31 heavy (non-hydrogen) atoms. The van der Waals surface area contributed by atoms with Crippen molar-refractivity contribution >= 4 is 33.4 Å². The van der Waals surface area contributed by atoms with Crippen LogP contribution in [-0.2, 0) is 24.4 Å². The van der Waals surface area contributed by atoms with E-state index in [1.165, 1.54) is 36.4 Å². The number of non-ortho nitro benzene ring substituents is 1. The van der Waals surface area contributed by atoms with Gasteiger partial charge in [-0.15, -0.1) is 0 Å². The number of amides is 1. The molecule has 0 bridgehead atoms. The highest BCUT2D eigenvalue weighted by Crippen LogP contribution is 2.27. The van der Waals surface area contributed by atoms with Crippen molar-refractivity contribution in [2.75, 3.05) is 0 Å². The van der Waals surface area contributed by atoms with Gasteiger partial charge in [0.05, 0.1) is 15.4 Å². The van der Waals surface area contributed by atoms with Gasteiger partial charge in [0, 0.05) is 18.6 Å². The van der Waals surface area contributed by atoms with Crippen molar-refractivity contribution in [3.8, 4) is 0 Å². The minimum absolute atomic E-state index is 0.0398. The molecular weight excluding hydrogens is 428 g/mol. The molecule has 0 saturated carbocycles. The van der Waals surface area contributed by atoms with E-state index in [0.29, 0.717) is 9.87 Å². The summed E-state index contributed by atoms with van der Waals surface area (Å²) in [6.45, 7) is 1.79. The minimum Gasteiger partial charge on any atom is -0.284 e. The van der Waals surface area contributed by atoms with Gasteiger partial charge in [0.2, 0.25) is 5.91 Å². The number of nitro benzene ring substituents is 1. The number of nitrogens with two attached hydrogens (primary N) is 1. The van der Waals surface area contributed by atoms with Crippen LogP contribution in [-0.4, -0.2) is 41.4 Å². The number of carbonyl (C=O) groups is 2. The standard InChI is InChI=1S/C19H18N4O7S/c1-12-2-8-15(9-3-12)31(28,29)22-16(10-11-17(22)24)19(25)30-21-18(20)13-4-6-14(7-5-13)23(26)27/h2-9,16H,10-11H2,1H3,(H2,20,21)/p+1/t16-/m1/s1. The van der Waals surface area contributed by atoms with E-state index < -0.39 is 32.9 Å². The van der Waals surface area contributed by atoms with E-state index in [-0.39, 0.29) is 29.3 Å².